The molecule has 5 aromatic rings. The summed E-state index contributed by atoms with van der Waals surface area (Å²) < 4.78 is 51.6. The average Bonchev–Trinajstić information content (AvgIpc) is 2.91. The fourth-order valence-corrected chi connectivity index (χ4v) is 2.79. The molecule has 0 aliphatic rings. The number of hydrogen-bond acceptors (Lipinski definition) is 4. The van der Waals surface area contributed by atoms with Crippen LogP contribution in [0.15, 0.2) is 97.6 Å². The second kappa shape index (κ2) is 15.1. The number of carboxylic acids is 1. The van der Waals surface area contributed by atoms with Crippen molar-refractivity contribution in [2.24, 2.45) is 0 Å². The number of benzene rings is 2. The molecule has 5 rings (SSSR count). The van der Waals surface area contributed by atoms with E-state index < -0.39 is 29.2 Å². The van der Waals surface area contributed by atoms with Gasteiger partial charge in [0.15, 0.2) is 0 Å². The molecule has 0 spiro atoms. The van der Waals surface area contributed by atoms with E-state index in [2.05, 4.69) is 27.1 Å². The topological polar surface area (TPSA) is 76.0 Å². The van der Waals surface area contributed by atoms with Gasteiger partial charge in [0.2, 0.25) is 0 Å². The quantitative estimate of drug-likeness (QED) is 0.174. The number of rotatable bonds is 3. The molecule has 0 saturated carbocycles. The van der Waals surface area contributed by atoms with Crippen molar-refractivity contribution in [3.8, 4) is 22.5 Å². The largest absolute Gasteiger partial charge is 0.478 e. The molecule has 0 bridgehead atoms. The van der Waals surface area contributed by atoms with Crippen molar-refractivity contribution >= 4 is 5.97 Å². The average molecular weight is 696 g/mol. The van der Waals surface area contributed by atoms with Gasteiger partial charge in [-0.2, -0.15) is 0 Å². The van der Waals surface area contributed by atoms with E-state index in [9.17, 15) is 22.4 Å². The van der Waals surface area contributed by atoms with Crippen LogP contribution in [-0.2, 0) is 20.1 Å². The first kappa shape index (κ1) is 30.0. The SMILES string of the molecule is Fc1c[c-]c(-c2ccccn2)c(F)c1.Fc1c[c-]c(-c2ccccn2)c(F)c1.O=C(O)c1cccnc1.[Ir]. The van der Waals surface area contributed by atoms with Gasteiger partial charge in [0.1, 0.15) is 0 Å². The first-order valence-electron chi connectivity index (χ1n) is 10.5. The van der Waals surface area contributed by atoms with Crippen LogP contribution in [-0.4, -0.2) is 26.0 Å². The zero-order chi connectivity index (χ0) is 26.6. The second-order valence-corrected chi connectivity index (χ2v) is 7.06. The zero-order valence-corrected chi connectivity index (χ0v) is 21.7. The number of nitrogens with zero attached hydrogens (tertiary/aromatic N) is 3. The summed E-state index contributed by atoms with van der Waals surface area (Å²) in [5, 5.41) is 8.34. The van der Waals surface area contributed by atoms with Crippen molar-refractivity contribution in [2.45, 2.75) is 0 Å². The van der Waals surface area contributed by atoms with Crippen LogP contribution in [0.25, 0.3) is 22.5 Å². The molecule has 0 unspecified atom stereocenters. The summed E-state index contributed by atoms with van der Waals surface area (Å²) >= 11 is 0. The maximum atomic E-state index is 13.2. The molecule has 10 heteroatoms. The monoisotopic (exact) mass is 696 g/mol. The van der Waals surface area contributed by atoms with Crippen LogP contribution in [0.1, 0.15) is 10.4 Å². The van der Waals surface area contributed by atoms with Crippen molar-refractivity contribution in [1.29, 1.82) is 0 Å². The predicted molar refractivity (Wildman–Crippen MR) is 128 cm³/mol. The van der Waals surface area contributed by atoms with Crippen LogP contribution < -0.4 is 0 Å². The van der Waals surface area contributed by atoms with Gasteiger partial charge in [-0.05, 0) is 35.7 Å². The Bertz CT molecular complexity index is 1360. The Morgan fingerprint density at radius 2 is 1.21 bits per heavy atom. The van der Waals surface area contributed by atoms with Gasteiger partial charge >= 0.3 is 5.97 Å². The summed E-state index contributed by atoms with van der Waals surface area (Å²) in [6.07, 6.45) is 5.94. The molecule has 3 heterocycles. The van der Waals surface area contributed by atoms with Crippen molar-refractivity contribution in [3.05, 3.63) is 139 Å². The Hall–Kier alpha value is -4.27. The minimum atomic E-state index is -0.942. The normalized spacial score (nSPS) is 9.58. The van der Waals surface area contributed by atoms with Gasteiger partial charge in [0.25, 0.3) is 0 Å². The summed E-state index contributed by atoms with van der Waals surface area (Å²) in [5.74, 6) is -3.51. The summed E-state index contributed by atoms with van der Waals surface area (Å²) in [6, 6.07) is 22.1. The van der Waals surface area contributed by atoms with Crippen LogP contribution >= 0.6 is 0 Å². The van der Waals surface area contributed by atoms with Gasteiger partial charge < -0.3 is 15.1 Å². The van der Waals surface area contributed by atoms with Crippen molar-refractivity contribution in [3.63, 3.8) is 0 Å². The van der Waals surface area contributed by atoms with Gasteiger partial charge in [0.05, 0.1) is 5.56 Å². The molecule has 0 aliphatic heterocycles. The summed E-state index contributed by atoms with van der Waals surface area (Å²) in [6.45, 7) is 0. The Morgan fingerprint density at radius 3 is 1.53 bits per heavy atom. The maximum Gasteiger partial charge on any atom is 0.337 e. The van der Waals surface area contributed by atoms with E-state index in [4.69, 9.17) is 5.11 Å². The van der Waals surface area contributed by atoms with E-state index in [1.165, 1.54) is 18.5 Å². The molecule has 3 aromatic heterocycles. The van der Waals surface area contributed by atoms with E-state index in [-0.39, 0.29) is 36.8 Å². The van der Waals surface area contributed by atoms with E-state index in [1.54, 1.807) is 54.9 Å². The summed E-state index contributed by atoms with van der Waals surface area (Å²) in [4.78, 5) is 21.7. The molecule has 1 radical (unpaired) electrons. The molecular formula is C28H17F4IrN3O2-2. The summed E-state index contributed by atoms with van der Waals surface area (Å²) in [7, 11) is 0. The van der Waals surface area contributed by atoms with Crippen LogP contribution in [0.2, 0.25) is 0 Å². The minimum absolute atomic E-state index is 0. The third kappa shape index (κ3) is 8.99. The zero-order valence-electron chi connectivity index (χ0n) is 19.3. The predicted octanol–water partition coefficient (Wildman–Crippen LogP) is 6.43. The fraction of sp³-hybridized carbons (Fsp3) is 0. The van der Waals surface area contributed by atoms with E-state index in [1.807, 2.05) is 0 Å². The molecule has 0 fully saturated rings. The van der Waals surface area contributed by atoms with Gasteiger partial charge in [-0.25, -0.2) is 4.79 Å². The first-order valence-corrected chi connectivity index (χ1v) is 10.5. The number of carbonyl (C=O) groups is 1. The van der Waals surface area contributed by atoms with E-state index in [0.717, 1.165) is 24.3 Å². The summed E-state index contributed by atoms with van der Waals surface area (Å²) in [5.41, 5.74) is 1.49. The number of aromatic carboxylic acids is 1. The molecule has 5 nitrogen and oxygen atoms in total. The van der Waals surface area contributed by atoms with Crippen molar-refractivity contribution < 1.29 is 47.6 Å². The fourth-order valence-electron chi connectivity index (χ4n) is 2.79. The van der Waals surface area contributed by atoms with Crippen LogP contribution in [0.3, 0.4) is 0 Å². The molecule has 38 heavy (non-hydrogen) atoms. The number of aromatic nitrogens is 3. The van der Waals surface area contributed by atoms with Crippen molar-refractivity contribution in [1.82, 2.24) is 15.0 Å². The number of carboxylic acid groups (broad SMARTS) is 1. The van der Waals surface area contributed by atoms with Gasteiger partial charge in [-0.15, -0.1) is 24.3 Å². The Kier molecular flexibility index (Phi) is 11.9. The van der Waals surface area contributed by atoms with Crippen LogP contribution in [0.4, 0.5) is 17.6 Å². The molecule has 0 amide bonds. The number of hydrogen-bond donors (Lipinski definition) is 1. The number of halogens is 4. The molecule has 0 aliphatic carbocycles. The van der Waals surface area contributed by atoms with Gasteiger partial charge in [0, 0.05) is 68.2 Å². The van der Waals surface area contributed by atoms with Crippen LogP contribution in [0, 0.1) is 35.4 Å². The smallest absolute Gasteiger partial charge is 0.337 e. The Balaban J connectivity index is 0.000000203. The van der Waals surface area contributed by atoms with Gasteiger partial charge in [-0.1, -0.05) is 47.5 Å². The van der Waals surface area contributed by atoms with Crippen molar-refractivity contribution in [2.75, 3.05) is 0 Å². The molecule has 195 valence electrons. The standard InChI is InChI=1S/2C11H6F2N.C6H5NO2.Ir/c2*12-8-4-5-9(10(13)7-8)11-3-1-2-6-14-11;8-6(9)5-2-1-3-7-4-5;/h2*1-4,6-7H;1-4H,(H,8,9);/q2*-1;;. The minimum Gasteiger partial charge on any atom is -0.478 e. The van der Waals surface area contributed by atoms with E-state index >= 15 is 0 Å². The molecule has 2 aromatic carbocycles. The second-order valence-electron chi connectivity index (χ2n) is 7.06. The third-order valence-corrected chi connectivity index (χ3v) is 4.47. The first-order chi connectivity index (χ1) is 17.8. The van der Waals surface area contributed by atoms with Gasteiger partial charge in [-0.3, -0.25) is 22.5 Å². The molecule has 0 saturated heterocycles. The molecule has 1 N–H and O–H groups in total. The number of pyridine rings is 3. The maximum absolute atomic E-state index is 13.2. The Labute approximate surface area is 229 Å². The van der Waals surface area contributed by atoms with Crippen LogP contribution in [0.5, 0.6) is 0 Å². The Morgan fingerprint density at radius 1 is 0.711 bits per heavy atom. The van der Waals surface area contributed by atoms with E-state index in [0.29, 0.717) is 11.4 Å². The third-order valence-electron chi connectivity index (χ3n) is 4.47. The molecular weight excluding hydrogens is 679 g/mol. The molecule has 0 atom stereocenters.